The number of nitrogens with one attached hydrogen (secondary N) is 1. The summed E-state index contributed by atoms with van der Waals surface area (Å²) in [6, 6.07) is 0. The van der Waals surface area contributed by atoms with Crippen LogP contribution in [0.25, 0.3) is 11.0 Å². The monoisotopic (exact) mass is 583 g/mol. The molecular formula is C13H17FN3O14P3S. The number of aliphatic hydroxyl groups excluding tert-OH is 2. The van der Waals surface area contributed by atoms with Gasteiger partial charge in [0.2, 0.25) is 10.2 Å². The number of aryl methyl sites for hydroxylation is 1. The number of halogens is 1. The molecule has 35 heavy (non-hydrogen) atoms. The fourth-order valence-corrected chi connectivity index (χ4v) is 6.28. The number of fused-ring (bicyclic) bond motifs is 1. The van der Waals surface area contributed by atoms with E-state index in [1.165, 1.54) is 6.92 Å². The molecule has 1 saturated heterocycles. The van der Waals surface area contributed by atoms with Crippen LogP contribution in [0.4, 0.5) is 4.39 Å². The molecule has 22 heteroatoms. The first-order valence-corrected chi connectivity index (χ1v) is 13.9. The van der Waals surface area contributed by atoms with Gasteiger partial charge in [-0.2, -0.15) is 8.62 Å². The first-order valence-electron chi connectivity index (χ1n) is 9.02. The molecule has 0 aromatic carbocycles. The van der Waals surface area contributed by atoms with Crippen LogP contribution in [-0.2, 0) is 31.6 Å². The molecule has 3 rings (SSSR count). The Balaban J connectivity index is 1.80. The van der Waals surface area contributed by atoms with Crippen molar-refractivity contribution >= 4 is 46.7 Å². The Morgan fingerprint density at radius 1 is 1.17 bits per heavy atom. The normalized spacial score (nSPS) is 26.5. The number of ether oxygens (including phenoxy) is 1. The van der Waals surface area contributed by atoms with Crippen LogP contribution in [0.3, 0.4) is 0 Å². The summed E-state index contributed by atoms with van der Waals surface area (Å²) in [6.45, 7) is 0.228. The molecule has 1 aliphatic heterocycles. The number of rotatable bonds is 8. The second-order valence-corrected chi connectivity index (χ2v) is 11.8. The Kier molecular flexibility index (Phi) is 8.00. The summed E-state index contributed by atoms with van der Waals surface area (Å²) in [5, 5.41) is 20.3. The van der Waals surface area contributed by atoms with E-state index in [-0.39, 0.29) is 21.5 Å². The molecular weight excluding hydrogens is 566 g/mol. The number of phosphoric ester groups is 1. The molecule has 0 aliphatic carbocycles. The Morgan fingerprint density at radius 3 is 2.40 bits per heavy atom. The van der Waals surface area contributed by atoms with E-state index in [1.807, 2.05) is 0 Å². The Labute approximate surface area is 198 Å². The number of H-pyrrole nitrogens is 1. The van der Waals surface area contributed by atoms with Gasteiger partial charge in [-0.3, -0.25) is 13.9 Å². The fraction of sp³-hybridized carbons (Fsp3) is 0.462. The number of aromatic nitrogens is 3. The van der Waals surface area contributed by atoms with Crippen molar-refractivity contribution in [2.45, 2.75) is 31.5 Å². The fourth-order valence-electron chi connectivity index (χ4n) is 3.00. The molecule has 3 heterocycles. The van der Waals surface area contributed by atoms with Gasteiger partial charge in [0.1, 0.15) is 24.0 Å². The minimum atomic E-state index is -5.77. The van der Waals surface area contributed by atoms with Gasteiger partial charge in [0.25, 0.3) is 0 Å². The largest absolute Gasteiger partial charge is 0.490 e. The van der Waals surface area contributed by atoms with Gasteiger partial charge in [0.05, 0.1) is 17.7 Å². The summed E-state index contributed by atoms with van der Waals surface area (Å²) in [5.74, 6) is -1.09. The van der Waals surface area contributed by atoms with Crippen molar-refractivity contribution in [1.29, 1.82) is 0 Å². The van der Waals surface area contributed by atoms with Crippen molar-refractivity contribution in [1.82, 2.24) is 14.5 Å². The lowest BCUT2D eigenvalue weighted by Gasteiger charge is -2.19. The molecule has 1 aliphatic rings. The molecule has 2 aromatic rings. The van der Waals surface area contributed by atoms with Crippen LogP contribution in [0.1, 0.15) is 11.9 Å². The first kappa shape index (κ1) is 28.3. The second-order valence-electron chi connectivity index (χ2n) is 7.02. The zero-order chi connectivity index (χ0) is 26.5. The molecule has 2 aromatic heterocycles. The topological polar surface area (TPSA) is 260 Å². The standard InChI is InChI=1S/C13H17FN3O14P3S/c1-4-7(14)8(18)5-2-17(13(35)16-11(5)15-4)12-10(20)9(19)6(29-12)3-28-33(24,25)31-34(26,27)30-32(21,22)23/h2,6,9-10,12,19-20H,3H2,1H3,(H,24,25)(H,26,27)(H,15,16,35)(H2,21,22,23)/t6-,9?,10+,12-/m1/s1. The second kappa shape index (κ2) is 9.89. The third kappa shape index (κ3) is 6.54. The van der Waals surface area contributed by atoms with E-state index in [0.29, 0.717) is 0 Å². The highest BCUT2D eigenvalue weighted by molar-refractivity contribution is 7.71. The highest BCUT2D eigenvalue weighted by Crippen LogP contribution is 2.66. The van der Waals surface area contributed by atoms with Crippen molar-refractivity contribution < 1.29 is 65.8 Å². The van der Waals surface area contributed by atoms with Gasteiger partial charge in [-0.25, -0.2) is 23.1 Å². The van der Waals surface area contributed by atoms with Crippen molar-refractivity contribution in [2.24, 2.45) is 0 Å². The number of pyridine rings is 1. The number of aliphatic hydroxyl groups is 2. The molecule has 0 spiro atoms. The molecule has 0 saturated carbocycles. The van der Waals surface area contributed by atoms with Gasteiger partial charge in [-0.05, 0) is 19.1 Å². The summed E-state index contributed by atoms with van der Waals surface area (Å²) in [7, 11) is -16.9. The van der Waals surface area contributed by atoms with E-state index < -0.39 is 65.9 Å². The minimum absolute atomic E-state index is 0.0626. The van der Waals surface area contributed by atoms with E-state index >= 15 is 0 Å². The van der Waals surface area contributed by atoms with E-state index in [2.05, 4.69) is 23.1 Å². The molecule has 17 nitrogen and oxygen atoms in total. The molecule has 0 amide bonds. The van der Waals surface area contributed by atoms with Crippen LogP contribution in [0.15, 0.2) is 11.0 Å². The smallest absolute Gasteiger partial charge is 0.387 e. The van der Waals surface area contributed by atoms with Crippen LogP contribution < -0.4 is 5.43 Å². The quantitative estimate of drug-likeness (QED) is 0.158. The van der Waals surface area contributed by atoms with Gasteiger partial charge < -0.3 is 39.5 Å². The van der Waals surface area contributed by atoms with Crippen molar-refractivity contribution in [3.05, 3.63) is 32.7 Å². The van der Waals surface area contributed by atoms with Crippen molar-refractivity contribution in [3.8, 4) is 0 Å². The molecule has 0 bridgehead atoms. The summed E-state index contributed by atoms with van der Waals surface area (Å²) >= 11 is 5.08. The van der Waals surface area contributed by atoms with Gasteiger partial charge in [-0.15, -0.1) is 0 Å². The summed E-state index contributed by atoms with van der Waals surface area (Å²) < 4.78 is 65.4. The van der Waals surface area contributed by atoms with Crippen LogP contribution >= 0.6 is 35.7 Å². The van der Waals surface area contributed by atoms with E-state index in [1.54, 1.807) is 0 Å². The average Bonchev–Trinajstić information content (AvgIpc) is 2.96. The molecule has 6 atom stereocenters. The lowest BCUT2D eigenvalue weighted by molar-refractivity contribution is -0.0530. The maximum Gasteiger partial charge on any atom is 0.490 e. The highest BCUT2D eigenvalue weighted by Gasteiger charge is 2.46. The van der Waals surface area contributed by atoms with E-state index in [0.717, 1.165) is 10.8 Å². The van der Waals surface area contributed by atoms with Gasteiger partial charge >= 0.3 is 23.5 Å². The number of phosphoric acid groups is 3. The number of aromatic amines is 1. The summed E-state index contributed by atoms with van der Waals surface area (Å²) in [6.07, 6.45) is -5.75. The van der Waals surface area contributed by atoms with Crippen molar-refractivity contribution in [2.75, 3.05) is 6.61 Å². The van der Waals surface area contributed by atoms with E-state index in [4.69, 9.17) is 31.6 Å². The third-order valence-electron chi connectivity index (χ3n) is 4.46. The number of hydrogen-bond acceptors (Lipinski definition) is 12. The molecule has 0 radical (unpaired) electrons. The maximum absolute atomic E-state index is 14.0. The van der Waals surface area contributed by atoms with Gasteiger partial charge in [0, 0.05) is 6.20 Å². The first-order chi connectivity index (χ1) is 15.9. The van der Waals surface area contributed by atoms with Gasteiger partial charge in [-0.1, -0.05) is 0 Å². The van der Waals surface area contributed by atoms with E-state index in [9.17, 15) is 38.0 Å². The SMILES string of the molecule is Cc1[nH]c2nc(=S)n([C@@H]3O[C@H](COP(=O)(O)OP(=O)(O)OP(=O)(O)O)C(O)[C@@H]3O)cc2c(=O)c1F. The molecule has 196 valence electrons. The van der Waals surface area contributed by atoms with Crippen LogP contribution in [-0.4, -0.2) is 69.2 Å². The predicted octanol–water partition coefficient (Wildman–Crippen LogP) is -0.136. The van der Waals surface area contributed by atoms with Crippen LogP contribution in [0, 0.1) is 17.5 Å². The van der Waals surface area contributed by atoms with Crippen molar-refractivity contribution in [3.63, 3.8) is 0 Å². The summed E-state index contributed by atoms with van der Waals surface area (Å²) in [5.41, 5.74) is -1.20. The summed E-state index contributed by atoms with van der Waals surface area (Å²) in [4.78, 5) is 54.4. The lowest BCUT2D eigenvalue weighted by atomic mass is 10.1. The highest BCUT2D eigenvalue weighted by atomic mass is 32.1. The third-order valence-corrected chi connectivity index (χ3v) is 8.56. The van der Waals surface area contributed by atoms with Crippen LogP contribution in [0.2, 0.25) is 0 Å². The zero-order valence-electron chi connectivity index (χ0n) is 17.1. The Bertz CT molecular complexity index is 1410. The Hall–Kier alpha value is -1.27. The lowest BCUT2D eigenvalue weighted by Crippen LogP contribution is -2.33. The van der Waals surface area contributed by atoms with Gasteiger partial charge in [0.15, 0.2) is 12.0 Å². The molecule has 3 unspecified atom stereocenters. The minimum Gasteiger partial charge on any atom is -0.387 e. The zero-order valence-corrected chi connectivity index (χ0v) is 20.6. The Morgan fingerprint density at radius 2 is 1.80 bits per heavy atom. The van der Waals surface area contributed by atoms with Crippen LogP contribution in [0.5, 0.6) is 0 Å². The maximum atomic E-state index is 14.0. The number of nitrogens with zero attached hydrogens (tertiary/aromatic N) is 2. The predicted molar refractivity (Wildman–Crippen MR) is 112 cm³/mol. The molecule has 7 N–H and O–H groups in total. The average molecular weight is 583 g/mol. The molecule has 1 fully saturated rings. The number of hydrogen-bond donors (Lipinski definition) is 7.